The molecule has 2 fully saturated rings. The molecule has 2 atom stereocenters. The van der Waals surface area contributed by atoms with Crippen LogP contribution >= 0.6 is 11.6 Å². The number of nitrogens with two attached hydrogens (primary N) is 1. The smallest absolute Gasteiger partial charge is 0.247 e. The molecule has 2 unspecified atom stereocenters. The quantitative estimate of drug-likeness (QED) is 0.916. The van der Waals surface area contributed by atoms with E-state index in [0.29, 0.717) is 28.8 Å². The first-order valence-corrected chi connectivity index (χ1v) is 8.87. The van der Waals surface area contributed by atoms with Gasteiger partial charge in [0.1, 0.15) is 10.6 Å². The maximum absolute atomic E-state index is 13.0. The molecule has 0 amide bonds. The molecule has 1 aromatic carbocycles. The zero-order chi connectivity index (χ0) is 15.2. The number of nitrogens with zero attached hydrogens (tertiary/aromatic N) is 1. The molecule has 1 saturated heterocycles. The number of rotatable bonds is 4. The Balaban J connectivity index is 2.08. The minimum absolute atomic E-state index is 0.116. The molecule has 1 heterocycles. The van der Waals surface area contributed by atoms with Crippen molar-refractivity contribution in [3.63, 3.8) is 0 Å². The minimum Gasteiger partial charge on any atom is -0.495 e. The van der Waals surface area contributed by atoms with Crippen molar-refractivity contribution in [2.45, 2.75) is 36.7 Å². The van der Waals surface area contributed by atoms with Gasteiger partial charge in [0.25, 0.3) is 0 Å². The van der Waals surface area contributed by atoms with Crippen molar-refractivity contribution < 1.29 is 13.2 Å². The van der Waals surface area contributed by atoms with E-state index in [0.717, 1.165) is 19.3 Å². The van der Waals surface area contributed by atoms with Gasteiger partial charge in [-0.3, -0.25) is 0 Å². The normalized spacial score (nSPS) is 25.5. The highest BCUT2D eigenvalue weighted by molar-refractivity contribution is 7.89. The summed E-state index contributed by atoms with van der Waals surface area (Å²) in [6.45, 7) is 0.777. The summed E-state index contributed by atoms with van der Waals surface area (Å²) >= 11 is 6.06. The van der Waals surface area contributed by atoms with E-state index in [1.807, 2.05) is 0 Å². The van der Waals surface area contributed by atoms with Crippen molar-refractivity contribution in [2.24, 2.45) is 11.7 Å². The molecule has 7 heteroatoms. The number of ether oxygens (including phenoxy) is 1. The van der Waals surface area contributed by atoms with Crippen LogP contribution in [0.5, 0.6) is 5.75 Å². The average Bonchev–Trinajstić information content (AvgIpc) is 3.09. The number of fused-ring (bicyclic) bond motifs is 2. The Bertz CT molecular complexity index is 662. The molecule has 0 spiro atoms. The molecule has 2 aliphatic rings. The molecular formula is C14H19ClN2O3S. The number of hydrogen-bond acceptors (Lipinski definition) is 4. The lowest BCUT2D eigenvalue weighted by Gasteiger charge is -2.27. The maximum Gasteiger partial charge on any atom is 0.247 e. The van der Waals surface area contributed by atoms with E-state index >= 15 is 0 Å². The van der Waals surface area contributed by atoms with Crippen molar-refractivity contribution in [3.8, 4) is 5.75 Å². The average molecular weight is 331 g/mol. The van der Waals surface area contributed by atoms with Crippen molar-refractivity contribution in [1.29, 1.82) is 0 Å². The van der Waals surface area contributed by atoms with Gasteiger partial charge in [0.2, 0.25) is 10.0 Å². The van der Waals surface area contributed by atoms with E-state index in [2.05, 4.69) is 0 Å². The highest BCUT2D eigenvalue weighted by Gasteiger charge is 2.45. The van der Waals surface area contributed by atoms with Gasteiger partial charge in [0.05, 0.1) is 7.11 Å². The monoisotopic (exact) mass is 330 g/mol. The number of sulfonamides is 1. The van der Waals surface area contributed by atoms with Gasteiger partial charge in [-0.25, -0.2) is 8.42 Å². The standard InChI is InChI=1S/C14H19ClN2O3S/c1-20-14-10(7-16)5-11(15)6-13(14)21(18,19)17-8-9-2-3-12(17)4-9/h5-6,9,12H,2-4,7-8,16H2,1H3. The van der Waals surface area contributed by atoms with Gasteiger partial charge in [0.15, 0.2) is 0 Å². The fraction of sp³-hybridized carbons (Fsp3) is 0.571. The van der Waals surface area contributed by atoms with Gasteiger partial charge >= 0.3 is 0 Å². The van der Waals surface area contributed by atoms with Crippen LogP contribution in [0.4, 0.5) is 0 Å². The number of piperidine rings is 1. The molecule has 21 heavy (non-hydrogen) atoms. The van der Waals surface area contributed by atoms with E-state index in [4.69, 9.17) is 22.1 Å². The fourth-order valence-electron chi connectivity index (χ4n) is 3.50. The summed E-state index contributed by atoms with van der Waals surface area (Å²) in [4.78, 5) is 0.130. The highest BCUT2D eigenvalue weighted by Crippen LogP contribution is 2.42. The van der Waals surface area contributed by atoms with Gasteiger partial charge in [0, 0.05) is 29.7 Å². The Morgan fingerprint density at radius 1 is 1.43 bits per heavy atom. The van der Waals surface area contributed by atoms with Crippen molar-refractivity contribution in [3.05, 3.63) is 22.7 Å². The van der Waals surface area contributed by atoms with Gasteiger partial charge < -0.3 is 10.5 Å². The third-order valence-electron chi connectivity index (χ3n) is 4.47. The number of hydrogen-bond donors (Lipinski definition) is 1. The van der Waals surface area contributed by atoms with E-state index in [1.54, 1.807) is 10.4 Å². The number of benzene rings is 1. The van der Waals surface area contributed by atoms with Crippen LogP contribution in [0.2, 0.25) is 5.02 Å². The summed E-state index contributed by atoms with van der Waals surface area (Å²) < 4.78 is 32.9. The largest absolute Gasteiger partial charge is 0.495 e. The second-order valence-corrected chi connectivity index (χ2v) is 8.00. The lowest BCUT2D eigenvalue weighted by atomic mass is 10.1. The summed E-state index contributed by atoms with van der Waals surface area (Å²) in [6, 6.07) is 3.22. The van der Waals surface area contributed by atoms with Crippen molar-refractivity contribution >= 4 is 21.6 Å². The van der Waals surface area contributed by atoms with Crippen LogP contribution in [0.3, 0.4) is 0 Å². The van der Waals surface area contributed by atoms with E-state index in [-0.39, 0.29) is 17.5 Å². The summed E-state index contributed by atoms with van der Waals surface area (Å²) in [5.74, 6) is 0.800. The van der Waals surface area contributed by atoms with Gasteiger partial charge in [-0.1, -0.05) is 11.6 Å². The Morgan fingerprint density at radius 3 is 2.71 bits per heavy atom. The maximum atomic E-state index is 13.0. The SMILES string of the molecule is COc1c(CN)cc(Cl)cc1S(=O)(=O)N1CC2CCC1C2. The summed E-state index contributed by atoms with van der Waals surface area (Å²) in [5.41, 5.74) is 6.28. The van der Waals surface area contributed by atoms with Crippen LogP contribution in [-0.4, -0.2) is 32.4 Å². The molecule has 1 aliphatic heterocycles. The zero-order valence-electron chi connectivity index (χ0n) is 11.9. The Kier molecular flexibility index (Phi) is 3.90. The first-order valence-electron chi connectivity index (χ1n) is 7.05. The van der Waals surface area contributed by atoms with Crippen molar-refractivity contribution in [1.82, 2.24) is 4.31 Å². The van der Waals surface area contributed by atoms with Crippen LogP contribution in [0.1, 0.15) is 24.8 Å². The Labute approximate surface area is 130 Å². The Morgan fingerprint density at radius 2 is 2.19 bits per heavy atom. The van der Waals surface area contributed by atoms with Gasteiger partial charge in [-0.2, -0.15) is 4.31 Å². The minimum atomic E-state index is -3.60. The third-order valence-corrected chi connectivity index (χ3v) is 6.61. The van der Waals surface area contributed by atoms with Crippen LogP contribution < -0.4 is 10.5 Å². The van der Waals surface area contributed by atoms with Crippen LogP contribution in [0.25, 0.3) is 0 Å². The molecule has 1 aliphatic carbocycles. The summed E-state index contributed by atoms with van der Waals surface area (Å²) in [5, 5.41) is 0.360. The molecular weight excluding hydrogens is 312 g/mol. The molecule has 1 saturated carbocycles. The second-order valence-electron chi connectivity index (χ2n) is 5.71. The second kappa shape index (κ2) is 5.43. The highest BCUT2D eigenvalue weighted by atomic mass is 35.5. The first-order chi connectivity index (χ1) is 9.97. The molecule has 0 aromatic heterocycles. The zero-order valence-corrected chi connectivity index (χ0v) is 13.5. The van der Waals surface area contributed by atoms with E-state index < -0.39 is 10.0 Å². The van der Waals surface area contributed by atoms with E-state index in [1.165, 1.54) is 13.2 Å². The molecule has 2 N–H and O–H groups in total. The Hall–Kier alpha value is -0.820. The van der Waals surface area contributed by atoms with Crippen LogP contribution in [0.15, 0.2) is 17.0 Å². The summed E-state index contributed by atoms with van der Waals surface area (Å²) in [6.07, 6.45) is 3.03. The third kappa shape index (κ3) is 2.44. The van der Waals surface area contributed by atoms with Crippen LogP contribution in [-0.2, 0) is 16.6 Å². The van der Waals surface area contributed by atoms with Gasteiger partial charge in [-0.05, 0) is 37.3 Å². The molecule has 2 bridgehead atoms. The van der Waals surface area contributed by atoms with Crippen molar-refractivity contribution in [2.75, 3.05) is 13.7 Å². The first kappa shape index (κ1) is 15.1. The number of halogens is 1. The molecule has 0 radical (unpaired) electrons. The molecule has 5 nitrogen and oxygen atoms in total. The molecule has 116 valence electrons. The van der Waals surface area contributed by atoms with Crippen LogP contribution in [0, 0.1) is 5.92 Å². The molecule has 1 aromatic rings. The van der Waals surface area contributed by atoms with Gasteiger partial charge in [-0.15, -0.1) is 0 Å². The fourth-order valence-corrected chi connectivity index (χ4v) is 5.77. The predicted molar refractivity (Wildman–Crippen MR) is 80.9 cm³/mol. The molecule has 3 rings (SSSR count). The number of methoxy groups -OCH3 is 1. The lowest BCUT2D eigenvalue weighted by Crippen LogP contribution is -2.37. The predicted octanol–water partition coefficient (Wildman–Crippen LogP) is 1.98. The van der Waals surface area contributed by atoms with E-state index in [9.17, 15) is 8.42 Å². The lowest BCUT2D eigenvalue weighted by molar-refractivity contribution is 0.330. The summed E-state index contributed by atoms with van der Waals surface area (Å²) in [7, 11) is -2.14. The topological polar surface area (TPSA) is 72.6 Å².